The molecule has 0 radical (unpaired) electrons. The van der Waals surface area contributed by atoms with Gasteiger partial charge in [0.15, 0.2) is 0 Å². The van der Waals surface area contributed by atoms with Crippen LogP contribution >= 0.6 is 11.3 Å². The molecular weight excluding hydrogens is 330 g/mol. The summed E-state index contributed by atoms with van der Waals surface area (Å²) < 4.78 is 2.08. The van der Waals surface area contributed by atoms with Gasteiger partial charge in [0.1, 0.15) is 16.5 Å². The fourth-order valence-electron chi connectivity index (χ4n) is 2.79. The highest BCUT2D eigenvalue weighted by Crippen LogP contribution is 2.35. The molecule has 4 rings (SSSR count). The number of nitrogens with one attached hydrogen (secondary N) is 1. The predicted molar refractivity (Wildman–Crippen MR) is 103 cm³/mol. The van der Waals surface area contributed by atoms with E-state index in [-0.39, 0.29) is 0 Å². The lowest BCUT2D eigenvalue weighted by molar-refractivity contribution is 0.660. The molecular formula is C19H19N5S. The summed E-state index contributed by atoms with van der Waals surface area (Å²) in [6, 6.07) is 12.6. The molecule has 5 nitrogen and oxygen atoms in total. The molecule has 0 aliphatic rings. The van der Waals surface area contributed by atoms with Crippen molar-refractivity contribution in [3.63, 3.8) is 0 Å². The minimum atomic E-state index is 0.797. The summed E-state index contributed by atoms with van der Waals surface area (Å²) in [7, 11) is 0. The van der Waals surface area contributed by atoms with E-state index in [0.29, 0.717) is 0 Å². The summed E-state index contributed by atoms with van der Waals surface area (Å²) in [6.45, 7) is 3.75. The van der Waals surface area contributed by atoms with E-state index in [4.69, 9.17) is 0 Å². The molecule has 0 atom stereocenters. The number of fused-ring (bicyclic) bond motifs is 1. The highest BCUT2D eigenvalue weighted by atomic mass is 32.1. The van der Waals surface area contributed by atoms with Crippen molar-refractivity contribution < 1.29 is 0 Å². The van der Waals surface area contributed by atoms with Gasteiger partial charge in [0.05, 0.1) is 11.7 Å². The van der Waals surface area contributed by atoms with Crippen molar-refractivity contribution in [3.05, 3.63) is 60.9 Å². The summed E-state index contributed by atoms with van der Waals surface area (Å²) in [4.78, 5) is 15.5. The van der Waals surface area contributed by atoms with Crippen LogP contribution in [0.25, 0.3) is 20.7 Å². The number of thiophene rings is 1. The summed E-state index contributed by atoms with van der Waals surface area (Å²) >= 11 is 1.71. The molecule has 0 amide bonds. The van der Waals surface area contributed by atoms with Crippen molar-refractivity contribution >= 4 is 27.4 Å². The lowest BCUT2D eigenvalue weighted by atomic mass is 10.2. The Morgan fingerprint density at radius 2 is 2.04 bits per heavy atom. The normalized spacial score (nSPS) is 11.1. The van der Waals surface area contributed by atoms with Crippen LogP contribution < -0.4 is 5.32 Å². The van der Waals surface area contributed by atoms with Gasteiger partial charge < -0.3 is 9.88 Å². The first-order valence-electron chi connectivity index (χ1n) is 8.33. The molecule has 0 bridgehead atoms. The first-order chi connectivity index (χ1) is 12.3. The van der Waals surface area contributed by atoms with Gasteiger partial charge in [0.2, 0.25) is 0 Å². The average Bonchev–Trinajstić information content (AvgIpc) is 3.29. The predicted octanol–water partition coefficient (Wildman–Crippen LogP) is 4.37. The third-order valence-electron chi connectivity index (χ3n) is 4.01. The highest BCUT2D eigenvalue weighted by molar-refractivity contribution is 7.21. The zero-order valence-electron chi connectivity index (χ0n) is 14.0. The van der Waals surface area contributed by atoms with Gasteiger partial charge in [-0.15, -0.1) is 11.3 Å². The van der Waals surface area contributed by atoms with Gasteiger partial charge in [0, 0.05) is 30.4 Å². The Morgan fingerprint density at radius 3 is 2.84 bits per heavy atom. The molecule has 25 heavy (non-hydrogen) atoms. The molecule has 0 spiro atoms. The first-order valence-corrected chi connectivity index (χ1v) is 9.14. The zero-order chi connectivity index (χ0) is 17.1. The Bertz CT molecular complexity index is 960. The van der Waals surface area contributed by atoms with Gasteiger partial charge in [-0.1, -0.05) is 30.3 Å². The summed E-state index contributed by atoms with van der Waals surface area (Å²) in [5.74, 6) is 1.72. The van der Waals surface area contributed by atoms with Gasteiger partial charge in [0.25, 0.3) is 0 Å². The van der Waals surface area contributed by atoms with Crippen molar-refractivity contribution in [2.45, 2.75) is 19.9 Å². The second kappa shape index (κ2) is 7.03. The smallest absolute Gasteiger partial charge is 0.138 e. The SMILES string of the molecule is Cc1nc(NCCCn2ccnc2)c2cc(-c3ccccc3)sc2n1. The van der Waals surface area contributed by atoms with Crippen LogP contribution in [-0.4, -0.2) is 26.1 Å². The second-order valence-corrected chi connectivity index (χ2v) is 6.93. The van der Waals surface area contributed by atoms with Crippen molar-refractivity contribution in [3.8, 4) is 10.4 Å². The largest absolute Gasteiger partial charge is 0.369 e. The first kappa shape index (κ1) is 15.8. The van der Waals surface area contributed by atoms with Gasteiger partial charge in [-0.25, -0.2) is 15.0 Å². The Balaban J connectivity index is 1.54. The van der Waals surface area contributed by atoms with Gasteiger partial charge in [-0.05, 0) is 25.0 Å². The molecule has 1 aromatic carbocycles. The number of benzene rings is 1. The Kier molecular flexibility index (Phi) is 4.43. The Hall–Kier alpha value is -2.73. The molecule has 6 heteroatoms. The van der Waals surface area contributed by atoms with E-state index in [1.807, 2.05) is 25.5 Å². The molecule has 0 saturated heterocycles. The van der Waals surface area contributed by atoms with Crippen LogP contribution in [0.4, 0.5) is 5.82 Å². The lowest BCUT2D eigenvalue weighted by Gasteiger charge is -2.07. The molecule has 126 valence electrons. The van der Waals surface area contributed by atoms with Gasteiger partial charge >= 0.3 is 0 Å². The van der Waals surface area contributed by atoms with Crippen molar-refractivity contribution in [2.24, 2.45) is 0 Å². The van der Waals surface area contributed by atoms with E-state index in [1.165, 1.54) is 10.4 Å². The number of aromatic nitrogens is 4. The van der Waals surface area contributed by atoms with Crippen molar-refractivity contribution in [2.75, 3.05) is 11.9 Å². The number of rotatable bonds is 6. The summed E-state index contributed by atoms with van der Waals surface area (Å²) in [5, 5.41) is 4.57. The summed E-state index contributed by atoms with van der Waals surface area (Å²) in [5.41, 5.74) is 1.22. The fraction of sp³-hybridized carbons (Fsp3) is 0.211. The van der Waals surface area contributed by atoms with Crippen LogP contribution in [0, 0.1) is 6.92 Å². The van der Waals surface area contributed by atoms with Crippen LogP contribution in [-0.2, 0) is 6.54 Å². The van der Waals surface area contributed by atoms with E-state index in [1.54, 1.807) is 17.5 Å². The van der Waals surface area contributed by atoms with E-state index in [9.17, 15) is 0 Å². The molecule has 3 heterocycles. The minimum absolute atomic E-state index is 0.797. The number of imidazole rings is 1. The van der Waals surface area contributed by atoms with E-state index >= 15 is 0 Å². The number of aryl methyl sites for hydroxylation is 2. The average molecular weight is 349 g/mol. The Morgan fingerprint density at radius 1 is 1.16 bits per heavy atom. The van der Waals surface area contributed by atoms with Crippen molar-refractivity contribution in [1.82, 2.24) is 19.5 Å². The van der Waals surface area contributed by atoms with Crippen LogP contribution in [0.1, 0.15) is 12.2 Å². The molecule has 0 aliphatic carbocycles. The second-order valence-electron chi connectivity index (χ2n) is 5.90. The van der Waals surface area contributed by atoms with Crippen molar-refractivity contribution in [1.29, 1.82) is 0 Å². The fourth-order valence-corrected chi connectivity index (χ4v) is 3.88. The number of nitrogens with zero attached hydrogens (tertiary/aromatic N) is 4. The molecule has 0 aliphatic heterocycles. The third-order valence-corrected chi connectivity index (χ3v) is 5.09. The third kappa shape index (κ3) is 3.53. The quantitative estimate of drug-likeness (QED) is 0.525. The van der Waals surface area contributed by atoms with Crippen LogP contribution in [0.15, 0.2) is 55.1 Å². The maximum absolute atomic E-state index is 4.61. The van der Waals surface area contributed by atoms with Crippen LogP contribution in [0.5, 0.6) is 0 Å². The molecule has 0 saturated carbocycles. The molecule has 3 aromatic heterocycles. The molecule has 4 aromatic rings. The van der Waals surface area contributed by atoms with E-state index in [0.717, 1.165) is 41.4 Å². The maximum atomic E-state index is 4.61. The van der Waals surface area contributed by atoms with E-state index in [2.05, 4.69) is 55.2 Å². The standard InChI is InChI=1S/C19H19N5S/c1-14-22-18(21-8-5-10-24-11-9-20-13-24)16-12-17(25-19(16)23-14)15-6-3-2-4-7-15/h2-4,6-7,9,11-13H,5,8,10H2,1H3,(H,21,22,23). The van der Waals surface area contributed by atoms with Crippen LogP contribution in [0.3, 0.4) is 0 Å². The van der Waals surface area contributed by atoms with Crippen LogP contribution in [0.2, 0.25) is 0 Å². The lowest BCUT2D eigenvalue weighted by Crippen LogP contribution is -2.08. The van der Waals surface area contributed by atoms with Gasteiger partial charge in [-0.2, -0.15) is 0 Å². The number of hydrogen-bond donors (Lipinski definition) is 1. The van der Waals surface area contributed by atoms with Gasteiger partial charge in [-0.3, -0.25) is 0 Å². The Labute approximate surface area is 150 Å². The number of hydrogen-bond acceptors (Lipinski definition) is 5. The molecule has 1 N–H and O–H groups in total. The monoisotopic (exact) mass is 349 g/mol. The minimum Gasteiger partial charge on any atom is -0.369 e. The molecule has 0 fully saturated rings. The maximum Gasteiger partial charge on any atom is 0.138 e. The van der Waals surface area contributed by atoms with E-state index < -0.39 is 0 Å². The zero-order valence-corrected chi connectivity index (χ0v) is 14.8. The highest BCUT2D eigenvalue weighted by Gasteiger charge is 2.11. The topological polar surface area (TPSA) is 55.6 Å². The molecule has 0 unspecified atom stereocenters. The summed E-state index contributed by atoms with van der Waals surface area (Å²) in [6.07, 6.45) is 6.65. The number of anilines is 1.